The molecule has 0 aromatic heterocycles. The van der Waals surface area contributed by atoms with E-state index in [2.05, 4.69) is 32.9 Å². The summed E-state index contributed by atoms with van der Waals surface area (Å²) in [4.78, 5) is 26.7. The van der Waals surface area contributed by atoms with Crippen molar-refractivity contribution in [3.8, 4) is 0 Å². The topological polar surface area (TPSA) is 84.5 Å². The maximum absolute atomic E-state index is 11.7. The molecular weight excluding hydrogens is 365 g/mol. The van der Waals surface area contributed by atoms with E-state index < -0.39 is 5.25 Å². The van der Waals surface area contributed by atoms with Gasteiger partial charge in [0.15, 0.2) is 5.17 Å². The number of benzene rings is 1. The zero-order valence-corrected chi connectivity index (χ0v) is 12.2. The Morgan fingerprint density at radius 1 is 1.44 bits per heavy atom. The molecule has 0 saturated heterocycles. The number of hydrogen-bond acceptors (Lipinski definition) is 4. The van der Waals surface area contributed by atoms with Gasteiger partial charge in [-0.3, -0.25) is 9.59 Å². The average Bonchev–Trinajstić information content (AvgIpc) is 2.61. The molecule has 1 aromatic carbocycles. The van der Waals surface area contributed by atoms with Gasteiger partial charge >= 0.3 is 0 Å². The fourth-order valence-electron chi connectivity index (χ4n) is 1.45. The quantitative estimate of drug-likeness (QED) is 0.786. The molecule has 0 bridgehead atoms. The summed E-state index contributed by atoms with van der Waals surface area (Å²) in [5, 5.41) is 2.47. The Kier molecular flexibility index (Phi) is 4.23. The molecule has 0 spiro atoms. The van der Waals surface area contributed by atoms with Crippen LogP contribution in [0, 0.1) is 3.57 Å². The molecule has 5 nitrogen and oxygen atoms in total. The highest BCUT2D eigenvalue weighted by Gasteiger charge is 2.29. The van der Waals surface area contributed by atoms with Crippen LogP contribution in [0.1, 0.15) is 6.42 Å². The summed E-state index contributed by atoms with van der Waals surface area (Å²) < 4.78 is 1.09. The lowest BCUT2D eigenvalue weighted by Gasteiger charge is -2.07. The number of carbonyl (C=O) groups excluding carboxylic acids is 2. The van der Waals surface area contributed by atoms with Crippen molar-refractivity contribution in [2.45, 2.75) is 11.7 Å². The number of hydrogen-bond donors (Lipinski definition) is 2. The Labute approximate surface area is 122 Å². The highest BCUT2D eigenvalue weighted by molar-refractivity contribution is 14.1. The third kappa shape index (κ3) is 3.45. The predicted octanol–water partition coefficient (Wildman–Crippen LogP) is 1.58. The molecule has 18 heavy (non-hydrogen) atoms. The van der Waals surface area contributed by atoms with Gasteiger partial charge < -0.3 is 11.1 Å². The van der Waals surface area contributed by atoms with Crippen LogP contribution in [-0.4, -0.2) is 22.2 Å². The second-order valence-corrected chi connectivity index (χ2v) is 6.12. The Morgan fingerprint density at radius 3 is 2.67 bits per heavy atom. The lowest BCUT2D eigenvalue weighted by molar-refractivity contribution is -0.121. The van der Waals surface area contributed by atoms with E-state index in [9.17, 15) is 9.59 Å². The molecule has 1 aromatic rings. The SMILES string of the molecule is NC1=NC(=O)[C@@H](CC(=O)Nc2ccc(I)cc2)S1. The normalized spacial score (nSPS) is 18.6. The number of nitrogens with zero attached hydrogens (tertiary/aromatic N) is 1. The number of rotatable bonds is 3. The van der Waals surface area contributed by atoms with Gasteiger partial charge in [0.25, 0.3) is 5.91 Å². The number of halogens is 1. The Balaban J connectivity index is 1.90. The first-order valence-corrected chi connectivity index (χ1v) is 7.10. The highest BCUT2D eigenvalue weighted by atomic mass is 127. The Bertz CT molecular complexity index is 516. The molecule has 7 heteroatoms. The van der Waals surface area contributed by atoms with Crippen molar-refractivity contribution < 1.29 is 9.59 Å². The summed E-state index contributed by atoms with van der Waals surface area (Å²) in [6.07, 6.45) is 0.0830. The molecule has 0 saturated carbocycles. The average molecular weight is 375 g/mol. The standard InChI is InChI=1S/C11H10IN3O2S/c12-6-1-3-7(4-2-6)14-9(16)5-8-10(17)15-11(13)18-8/h1-4,8H,5H2,(H,14,16)(H2,13,15,17)/t8-/m1/s1. The summed E-state index contributed by atoms with van der Waals surface area (Å²) in [6.45, 7) is 0. The number of amides is 2. The number of thioether (sulfide) groups is 1. The van der Waals surface area contributed by atoms with Crippen LogP contribution >= 0.6 is 34.4 Å². The molecule has 1 atom stereocenters. The van der Waals surface area contributed by atoms with Gasteiger partial charge in [-0.2, -0.15) is 4.99 Å². The third-order valence-electron chi connectivity index (χ3n) is 2.26. The fourth-order valence-corrected chi connectivity index (χ4v) is 2.63. The summed E-state index contributed by atoms with van der Waals surface area (Å²) in [6, 6.07) is 7.42. The largest absolute Gasteiger partial charge is 0.378 e. The summed E-state index contributed by atoms with van der Waals surface area (Å²) in [5.41, 5.74) is 6.13. The van der Waals surface area contributed by atoms with Gasteiger partial charge in [-0.05, 0) is 46.9 Å². The van der Waals surface area contributed by atoms with Crippen LogP contribution in [0.4, 0.5) is 5.69 Å². The molecule has 0 unspecified atom stereocenters. The number of amidine groups is 1. The molecule has 1 aliphatic rings. The Hall–Kier alpha value is -1.09. The van der Waals surface area contributed by atoms with Crippen molar-refractivity contribution in [3.05, 3.63) is 27.8 Å². The molecule has 1 heterocycles. The van der Waals surface area contributed by atoms with Crippen LogP contribution in [0.25, 0.3) is 0 Å². The van der Waals surface area contributed by atoms with Crippen LogP contribution in [0.15, 0.2) is 29.3 Å². The van der Waals surface area contributed by atoms with Crippen LogP contribution in [0.2, 0.25) is 0 Å². The molecule has 94 valence electrons. The predicted molar refractivity (Wildman–Crippen MR) is 80.4 cm³/mol. The zero-order chi connectivity index (χ0) is 13.1. The van der Waals surface area contributed by atoms with Gasteiger partial charge in [-0.25, -0.2) is 0 Å². The second kappa shape index (κ2) is 5.70. The van der Waals surface area contributed by atoms with E-state index in [1.54, 1.807) is 0 Å². The molecule has 0 radical (unpaired) electrons. The zero-order valence-electron chi connectivity index (χ0n) is 9.22. The number of carbonyl (C=O) groups is 2. The molecular formula is C11H10IN3O2S. The lowest BCUT2D eigenvalue weighted by Crippen LogP contribution is -2.21. The molecule has 2 rings (SSSR count). The first kappa shape index (κ1) is 13.3. The van der Waals surface area contributed by atoms with E-state index in [1.165, 1.54) is 0 Å². The van der Waals surface area contributed by atoms with Crippen molar-refractivity contribution in [1.29, 1.82) is 0 Å². The van der Waals surface area contributed by atoms with Crippen molar-refractivity contribution in [1.82, 2.24) is 0 Å². The van der Waals surface area contributed by atoms with Crippen molar-refractivity contribution in [2.24, 2.45) is 10.7 Å². The number of aliphatic imine (C=N–C) groups is 1. The van der Waals surface area contributed by atoms with Crippen molar-refractivity contribution >= 4 is 57.0 Å². The minimum Gasteiger partial charge on any atom is -0.378 e. The number of anilines is 1. The van der Waals surface area contributed by atoms with Gasteiger partial charge in [-0.1, -0.05) is 11.8 Å². The van der Waals surface area contributed by atoms with Crippen LogP contribution in [0.5, 0.6) is 0 Å². The molecule has 3 N–H and O–H groups in total. The van der Waals surface area contributed by atoms with Crippen molar-refractivity contribution in [3.63, 3.8) is 0 Å². The van der Waals surface area contributed by atoms with E-state index in [4.69, 9.17) is 5.73 Å². The Morgan fingerprint density at radius 2 is 2.11 bits per heavy atom. The van der Waals surface area contributed by atoms with Gasteiger partial charge in [0.2, 0.25) is 5.91 Å². The summed E-state index contributed by atoms with van der Waals surface area (Å²) in [5.74, 6) is -0.554. The maximum Gasteiger partial charge on any atom is 0.262 e. The van der Waals surface area contributed by atoms with E-state index in [1.807, 2.05) is 24.3 Å². The minimum absolute atomic E-state index is 0.0830. The van der Waals surface area contributed by atoms with E-state index in [0.29, 0.717) is 5.69 Å². The molecule has 2 amide bonds. The smallest absolute Gasteiger partial charge is 0.262 e. The van der Waals surface area contributed by atoms with Crippen LogP contribution in [0.3, 0.4) is 0 Å². The third-order valence-corrected chi connectivity index (χ3v) is 3.96. The van der Waals surface area contributed by atoms with Gasteiger partial charge in [-0.15, -0.1) is 0 Å². The minimum atomic E-state index is -0.492. The van der Waals surface area contributed by atoms with Gasteiger partial charge in [0.05, 0.1) is 0 Å². The summed E-state index contributed by atoms with van der Waals surface area (Å²) in [7, 11) is 0. The van der Waals surface area contributed by atoms with Crippen LogP contribution < -0.4 is 11.1 Å². The fraction of sp³-hybridized carbons (Fsp3) is 0.182. The van der Waals surface area contributed by atoms with Gasteiger partial charge in [0, 0.05) is 15.7 Å². The monoisotopic (exact) mass is 375 g/mol. The highest BCUT2D eigenvalue weighted by Crippen LogP contribution is 2.23. The lowest BCUT2D eigenvalue weighted by atomic mass is 10.2. The van der Waals surface area contributed by atoms with E-state index >= 15 is 0 Å². The molecule has 0 aliphatic carbocycles. The number of nitrogens with one attached hydrogen (secondary N) is 1. The van der Waals surface area contributed by atoms with Crippen LogP contribution in [-0.2, 0) is 9.59 Å². The molecule has 1 aliphatic heterocycles. The number of nitrogens with two attached hydrogens (primary N) is 1. The van der Waals surface area contributed by atoms with Gasteiger partial charge in [0.1, 0.15) is 5.25 Å². The first-order chi connectivity index (χ1) is 8.54. The second-order valence-electron chi connectivity index (χ2n) is 3.65. The van der Waals surface area contributed by atoms with E-state index in [-0.39, 0.29) is 23.4 Å². The van der Waals surface area contributed by atoms with Crippen molar-refractivity contribution in [2.75, 3.05) is 5.32 Å². The first-order valence-electron chi connectivity index (χ1n) is 5.14. The van der Waals surface area contributed by atoms with E-state index in [0.717, 1.165) is 15.3 Å². The molecule has 0 fully saturated rings. The maximum atomic E-state index is 11.7. The summed E-state index contributed by atoms with van der Waals surface area (Å²) >= 11 is 3.32.